The standard InChI is InChI=1S/C12H11N4O8P/c17-2-11(21)8(19)6(1-23-25-22)24-12(11,3-18)16-5-15-7-9(16)13-4-14-10(7)20/h2-6,8,19,21H,1H2,(H,13,14,20)/t6-,8-,11-,12-/m1/s1. The summed E-state index contributed by atoms with van der Waals surface area (Å²) < 4.78 is 21.3. The summed E-state index contributed by atoms with van der Waals surface area (Å²) in [6, 6.07) is 0. The molecule has 0 radical (unpaired) electrons. The molecular formula is C12H11N4O8P. The first-order valence-electron chi connectivity index (χ1n) is 6.82. The van der Waals surface area contributed by atoms with Gasteiger partial charge in [-0.15, -0.1) is 0 Å². The lowest BCUT2D eigenvalue weighted by Gasteiger charge is -2.34. The van der Waals surface area contributed by atoms with Gasteiger partial charge in [0.2, 0.25) is 11.3 Å². The van der Waals surface area contributed by atoms with Crippen LogP contribution in [0.25, 0.3) is 11.2 Å². The van der Waals surface area contributed by atoms with Crippen LogP contribution >= 0.6 is 8.69 Å². The molecule has 0 aromatic carbocycles. The van der Waals surface area contributed by atoms with Gasteiger partial charge < -0.3 is 19.9 Å². The van der Waals surface area contributed by atoms with E-state index in [0.717, 1.165) is 17.2 Å². The maximum Gasteiger partial charge on any atom is 0.327 e. The number of ether oxygens (including phenoxy) is 1. The van der Waals surface area contributed by atoms with Gasteiger partial charge in [-0.3, -0.25) is 23.5 Å². The predicted octanol–water partition coefficient (Wildman–Crippen LogP) is -2.12. The number of aldehydes is 2. The van der Waals surface area contributed by atoms with Gasteiger partial charge in [-0.05, 0) is 0 Å². The van der Waals surface area contributed by atoms with Gasteiger partial charge in [0.1, 0.15) is 18.5 Å². The van der Waals surface area contributed by atoms with E-state index in [1.807, 2.05) is 0 Å². The number of imidazole rings is 1. The molecule has 3 rings (SSSR count). The van der Waals surface area contributed by atoms with Crippen molar-refractivity contribution in [3.05, 3.63) is 23.0 Å². The van der Waals surface area contributed by atoms with Crippen molar-refractivity contribution < 1.29 is 33.6 Å². The molecule has 0 spiro atoms. The second kappa shape index (κ2) is 6.17. The van der Waals surface area contributed by atoms with E-state index >= 15 is 0 Å². The van der Waals surface area contributed by atoms with E-state index in [4.69, 9.17) is 4.74 Å². The van der Waals surface area contributed by atoms with Gasteiger partial charge >= 0.3 is 8.69 Å². The molecule has 0 unspecified atom stereocenters. The fourth-order valence-corrected chi connectivity index (χ4v) is 2.99. The Bertz CT molecular complexity index is 899. The molecule has 0 amide bonds. The molecule has 2 aromatic heterocycles. The molecule has 12 nitrogen and oxygen atoms in total. The molecular weight excluding hydrogens is 359 g/mol. The highest BCUT2D eigenvalue weighted by Crippen LogP contribution is 2.42. The fourth-order valence-electron chi connectivity index (χ4n) is 2.79. The van der Waals surface area contributed by atoms with E-state index in [0.29, 0.717) is 0 Å². The Morgan fingerprint density at radius 2 is 2.20 bits per heavy atom. The molecule has 13 heteroatoms. The Labute approximate surface area is 139 Å². The van der Waals surface area contributed by atoms with Crippen LogP contribution in [0, 0.1) is 0 Å². The van der Waals surface area contributed by atoms with Crippen LogP contribution < -0.4 is 5.56 Å². The van der Waals surface area contributed by atoms with Crippen LogP contribution in [0.15, 0.2) is 17.4 Å². The van der Waals surface area contributed by atoms with Crippen LogP contribution in [0.2, 0.25) is 0 Å². The molecule has 1 aliphatic rings. The summed E-state index contributed by atoms with van der Waals surface area (Å²) in [4.78, 5) is 45.1. The minimum absolute atomic E-state index is 0.0556. The monoisotopic (exact) mass is 370 g/mol. The molecule has 1 aliphatic heterocycles. The number of rotatable bonds is 6. The van der Waals surface area contributed by atoms with Crippen LogP contribution in [0.4, 0.5) is 0 Å². The fraction of sp³-hybridized carbons (Fsp3) is 0.417. The van der Waals surface area contributed by atoms with E-state index in [2.05, 4.69) is 19.5 Å². The quantitative estimate of drug-likeness (QED) is 0.377. The van der Waals surface area contributed by atoms with Crippen molar-refractivity contribution in [2.24, 2.45) is 0 Å². The Morgan fingerprint density at radius 1 is 1.44 bits per heavy atom. The summed E-state index contributed by atoms with van der Waals surface area (Å²) in [7, 11) is -0.725. The minimum atomic E-state index is -2.74. The van der Waals surface area contributed by atoms with Gasteiger partial charge in [0.25, 0.3) is 5.56 Å². The number of hydrogen-bond acceptors (Lipinski definition) is 10. The van der Waals surface area contributed by atoms with Crippen LogP contribution in [0.5, 0.6) is 0 Å². The zero-order chi connectivity index (χ0) is 18.2. The van der Waals surface area contributed by atoms with Gasteiger partial charge in [-0.2, -0.15) is 0 Å². The number of aliphatic hydroxyl groups excluding tert-OH is 1. The maximum atomic E-state index is 11.9. The summed E-state index contributed by atoms with van der Waals surface area (Å²) in [5.74, 6) is 0. The average Bonchev–Trinajstić information content (AvgIpc) is 3.14. The van der Waals surface area contributed by atoms with Crippen molar-refractivity contribution in [2.75, 3.05) is 6.61 Å². The van der Waals surface area contributed by atoms with Gasteiger partial charge in [0.15, 0.2) is 23.7 Å². The summed E-state index contributed by atoms with van der Waals surface area (Å²) in [6.45, 7) is -0.487. The molecule has 132 valence electrons. The largest absolute Gasteiger partial charge is 0.387 e. The summed E-state index contributed by atoms with van der Waals surface area (Å²) in [5.41, 5.74) is -6.15. The van der Waals surface area contributed by atoms with E-state index in [9.17, 15) is 29.2 Å². The molecule has 1 fully saturated rings. The number of fused-ring (bicyclic) bond motifs is 1. The highest BCUT2D eigenvalue weighted by atomic mass is 31.1. The first kappa shape index (κ1) is 17.5. The first-order valence-corrected chi connectivity index (χ1v) is 7.55. The number of nitrogens with one attached hydrogen (secondary N) is 1. The minimum Gasteiger partial charge on any atom is -0.387 e. The first-order chi connectivity index (χ1) is 11.9. The second-order valence-corrected chi connectivity index (χ2v) is 5.65. The van der Waals surface area contributed by atoms with Crippen molar-refractivity contribution >= 4 is 32.4 Å². The molecule has 0 saturated carbocycles. The topological polar surface area (TPSA) is 174 Å². The van der Waals surface area contributed by atoms with Gasteiger partial charge in [-0.25, -0.2) is 14.5 Å². The number of aromatic amines is 1. The van der Waals surface area contributed by atoms with Crippen LogP contribution in [0.3, 0.4) is 0 Å². The Hall–Kier alpha value is -2.37. The summed E-state index contributed by atoms with van der Waals surface area (Å²) in [5, 5.41) is 20.9. The van der Waals surface area contributed by atoms with Crippen molar-refractivity contribution in [3.63, 3.8) is 0 Å². The van der Waals surface area contributed by atoms with Crippen LogP contribution in [-0.2, 0) is 29.1 Å². The van der Waals surface area contributed by atoms with E-state index in [-0.39, 0.29) is 23.7 Å². The maximum absolute atomic E-state index is 11.9. The van der Waals surface area contributed by atoms with E-state index in [1.54, 1.807) is 0 Å². The van der Waals surface area contributed by atoms with E-state index in [1.165, 1.54) is 0 Å². The molecule has 25 heavy (non-hydrogen) atoms. The highest BCUT2D eigenvalue weighted by molar-refractivity contribution is 7.17. The van der Waals surface area contributed by atoms with Gasteiger partial charge in [0.05, 0.1) is 12.9 Å². The number of nitrogens with zero attached hydrogens (tertiary/aromatic N) is 3. The molecule has 2 aromatic rings. The molecule has 3 N–H and O–H groups in total. The summed E-state index contributed by atoms with van der Waals surface area (Å²) >= 11 is 0. The third kappa shape index (κ3) is 2.27. The summed E-state index contributed by atoms with van der Waals surface area (Å²) in [6.07, 6.45) is -1.23. The molecule has 0 aliphatic carbocycles. The Morgan fingerprint density at radius 3 is 2.84 bits per heavy atom. The van der Waals surface area contributed by atoms with Crippen molar-refractivity contribution in [3.8, 4) is 0 Å². The molecule has 1 saturated heterocycles. The Balaban J connectivity index is 2.22. The molecule has 4 atom stereocenters. The number of aromatic nitrogens is 4. The number of carbonyl (C=O) groups is 2. The normalized spacial score (nSPS) is 32.2. The van der Waals surface area contributed by atoms with Crippen molar-refractivity contribution in [2.45, 2.75) is 23.5 Å². The van der Waals surface area contributed by atoms with Crippen LogP contribution in [0.1, 0.15) is 0 Å². The average molecular weight is 370 g/mol. The number of H-pyrrole nitrogens is 1. The number of carbonyl (C=O) groups excluding carboxylic acids is 2. The molecule has 3 heterocycles. The number of hydrogen-bond donors (Lipinski definition) is 3. The molecule has 0 bridgehead atoms. The lowest BCUT2D eigenvalue weighted by atomic mass is 9.87. The van der Waals surface area contributed by atoms with Crippen LogP contribution in [-0.4, -0.2) is 66.7 Å². The highest BCUT2D eigenvalue weighted by Gasteiger charge is 2.67. The Kier molecular flexibility index (Phi) is 4.31. The number of aliphatic hydroxyl groups is 2. The third-order valence-corrected chi connectivity index (χ3v) is 4.29. The SMILES string of the molecule is O=C[C@@]1(O)[C@H](O)[C@@H](COP=O)O[C@@]1(C=O)n1cnc2c(=O)[nH]cnc21. The predicted molar refractivity (Wildman–Crippen MR) is 77.6 cm³/mol. The lowest BCUT2D eigenvalue weighted by molar-refractivity contribution is -0.185. The van der Waals surface area contributed by atoms with Gasteiger partial charge in [-0.1, -0.05) is 0 Å². The lowest BCUT2D eigenvalue weighted by Crippen LogP contribution is -2.59. The zero-order valence-corrected chi connectivity index (χ0v) is 13.2. The van der Waals surface area contributed by atoms with E-state index < -0.39 is 44.4 Å². The van der Waals surface area contributed by atoms with Crippen molar-refractivity contribution in [1.82, 2.24) is 19.5 Å². The van der Waals surface area contributed by atoms with Crippen molar-refractivity contribution in [1.29, 1.82) is 0 Å². The zero-order valence-electron chi connectivity index (χ0n) is 12.3. The smallest absolute Gasteiger partial charge is 0.327 e. The third-order valence-electron chi connectivity index (χ3n) is 4.04. The second-order valence-electron chi connectivity index (χ2n) is 5.25. The van der Waals surface area contributed by atoms with Gasteiger partial charge in [0, 0.05) is 0 Å².